The number of halogens is 5. The molecule has 2 aromatic heterocycles. The molecule has 1 saturated heterocycles. The molecule has 0 aliphatic carbocycles. The fourth-order valence-electron chi connectivity index (χ4n) is 5.76. The van der Waals surface area contributed by atoms with Crippen LogP contribution >= 0.6 is 59.6 Å². The maximum Gasteiger partial charge on any atom is 0.262 e. The molecule has 258 valence electrons. The molecule has 4 aromatic rings. The van der Waals surface area contributed by atoms with Crippen LogP contribution in [0.4, 0.5) is 0 Å². The highest BCUT2D eigenvalue weighted by atomic mass is 35.5. The van der Waals surface area contributed by atoms with Crippen molar-refractivity contribution in [3.63, 3.8) is 0 Å². The number of nitrogens with one attached hydrogen (secondary N) is 1. The first-order valence-electron chi connectivity index (χ1n) is 15.2. The Morgan fingerprint density at radius 2 is 1.51 bits per heavy atom. The van der Waals surface area contributed by atoms with Crippen molar-refractivity contribution in [2.75, 3.05) is 38.5 Å². The first-order chi connectivity index (χ1) is 21.3. The summed E-state index contributed by atoms with van der Waals surface area (Å²) in [5.74, 6) is 0.532. The van der Waals surface area contributed by atoms with E-state index < -0.39 is 9.84 Å². The van der Waals surface area contributed by atoms with E-state index in [1.54, 1.807) is 12.1 Å². The number of hydrogen-bond donors (Lipinski definition) is 1. The summed E-state index contributed by atoms with van der Waals surface area (Å²) in [6, 6.07) is 11.1. The Kier molecular flexibility index (Phi) is 14.0. The molecule has 0 atom stereocenters. The lowest BCUT2D eigenvalue weighted by molar-refractivity contribution is 0.109. The molecule has 3 heterocycles. The Labute approximate surface area is 303 Å². The molecular weight excluding hydrogens is 726 g/mol. The van der Waals surface area contributed by atoms with Gasteiger partial charge >= 0.3 is 0 Å². The lowest BCUT2D eigenvalue weighted by Gasteiger charge is -2.36. The van der Waals surface area contributed by atoms with E-state index in [0.717, 1.165) is 43.9 Å². The van der Waals surface area contributed by atoms with Crippen molar-refractivity contribution in [2.24, 2.45) is 0 Å². The second-order valence-corrected chi connectivity index (χ2v) is 15.7. The zero-order chi connectivity index (χ0) is 32.5. The molecule has 1 N–H and O–H groups in total. The maximum absolute atomic E-state index is 13.3. The molecule has 2 aromatic carbocycles. The van der Waals surface area contributed by atoms with Gasteiger partial charge in [-0.1, -0.05) is 72.9 Å². The zero-order valence-corrected chi connectivity index (χ0v) is 31.5. The highest BCUT2D eigenvalue weighted by molar-refractivity contribution is 7.90. The van der Waals surface area contributed by atoms with Crippen molar-refractivity contribution in [2.45, 2.75) is 58.2 Å². The van der Waals surface area contributed by atoms with Crippen molar-refractivity contribution in [3.05, 3.63) is 84.5 Å². The van der Waals surface area contributed by atoms with Crippen molar-refractivity contribution in [1.82, 2.24) is 29.5 Å². The van der Waals surface area contributed by atoms with E-state index in [1.807, 2.05) is 38.1 Å². The summed E-state index contributed by atoms with van der Waals surface area (Å²) in [5.41, 5.74) is 2.60. The third-order valence-corrected chi connectivity index (χ3v) is 10.7. The minimum absolute atomic E-state index is 0. The smallest absolute Gasteiger partial charge is 0.262 e. The number of aromatic amines is 1. The van der Waals surface area contributed by atoms with Gasteiger partial charge in [0.25, 0.3) is 5.56 Å². The number of nitrogens with zero attached hydrogens (tertiary/aromatic N) is 5. The number of sulfone groups is 1. The second-order valence-electron chi connectivity index (χ2n) is 12.3. The first-order valence-corrected chi connectivity index (χ1v) is 18.2. The van der Waals surface area contributed by atoms with Gasteiger partial charge in [0.1, 0.15) is 16.9 Å². The summed E-state index contributed by atoms with van der Waals surface area (Å²) < 4.78 is 27.3. The number of benzene rings is 2. The van der Waals surface area contributed by atoms with Gasteiger partial charge < -0.3 is 9.88 Å². The molecule has 0 bridgehead atoms. The lowest BCUT2D eigenvalue weighted by Crippen LogP contribution is -2.49. The summed E-state index contributed by atoms with van der Waals surface area (Å²) in [4.78, 5) is 25.8. The summed E-state index contributed by atoms with van der Waals surface area (Å²) in [6.45, 7) is 13.1. The Balaban J connectivity index is 0.00000300. The van der Waals surface area contributed by atoms with E-state index in [1.165, 1.54) is 4.68 Å². The monoisotopic (exact) mass is 764 g/mol. The highest BCUT2D eigenvalue weighted by Gasteiger charge is 2.23. The van der Waals surface area contributed by atoms with Crippen LogP contribution in [0, 0.1) is 0 Å². The van der Waals surface area contributed by atoms with Gasteiger partial charge in [-0.2, -0.15) is 5.10 Å². The molecule has 0 spiro atoms. The third kappa shape index (κ3) is 9.63. The predicted molar refractivity (Wildman–Crippen MR) is 198 cm³/mol. The number of hydrogen-bond acceptors (Lipinski definition) is 7. The van der Waals surface area contributed by atoms with Crippen LogP contribution in [0.5, 0.6) is 0 Å². The van der Waals surface area contributed by atoms with Crippen LogP contribution in [0.3, 0.4) is 0 Å². The van der Waals surface area contributed by atoms with Crippen LogP contribution in [-0.4, -0.2) is 82.5 Å². The Morgan fingerprint density at radius 1 is 0.915 bits per heavy atom. The fraction of sp³-hybridized carbons (Fsp3) is 0.469. The average Bonchev–Trinajstić information content (AvgIpc) is 3.33. The van der Waals surface area contributed by atoms with Crippen LogP contribution in [-0.2, 0) is 22.0 Å². The minimum Gasteiger partial charge on any atom is -0.310 e. The standard InChI is InChI=1S/C32H39Cl3N6O3S.2ClH/c1-20(2)29-28-31(41(38-29)30-25(34)17-24(33)18-26(30)35)36-27(37-32(28)42)16-22-6-8-23(9-7-22)19-45(43,44)15-5-10-39-11-13-40(14-12-39)21(3)4;;/h6-9,17-18,20-21H,5,10-16,19H2,1-4H3,(H,36,37,42);2*1H. The molecule has 0 amide bonds. The SMILES string of the molecule is CC(C)c1nn(-c2c(Cl)cc(Cl)cc2Cl)c2nc(Cc3ccc(CS(=O)(=O)CCCN4CCN(C(C)C)CC4)cc3)[nH]c(=O)c12.Cl.Cl. The number of piperazine rings is 1. The van der Waals surface area contributed by atoms with Crippen molar-refractivity contribution >= 4 is 80.5 Å². The number of aromatic nitrogens is 4. The predicted octanol–water partition coefficient (Wildman–Crippen LogP) is 6.96. The van der Waals surface area contributed by atoms with Crippen LogP contribution in [0.2, 0.25) is 15.1 Å². The molecule has 0 saturated carbocycles. The molecular formula is C32H41Cl5N6O3S. The van der Waals surface area contributed by atoms with E-state index in [0.29, 0.717) is 52.1 Å². The summed E-state index contributed by atoms with van der Waals surface area (Å²) in [5, 5.41) is 6.00. The molecule has 5 rings (SSSR count). The van der Waals surface area contributed by atoms with Gasteiger partial charge in [-0.05, 0) is 56.0 Å². The summed E-state index contributed by atoms with van der Waals surface area (Å²) in [7, 11) is -3.24. The van der Waals surface area contributed by atoms with E-state index in [2.05, 4.69) is 33.7 Å². The Morgan fingerprint density at radius 3 is 2.09 bits per heavy atom. The lowest BCUT2D eigenvalue weighted by atomic mass is 10.1. The molecule has 47 heavy (non-hydrogen) atoms. The maximum atomic E-state index is 13.3. The normalized spacial score (nSPS) is 14.5. The molecule has 9 nitrogen and oxygen atoms in total. The van der Waals surface area contributed by atoms with E-state index in [9.17, 15) is 13.2 Å². The summed E-state index contributed by atoms with van der Waals surface area (Å²) in [6.07, 6.45) is 0.956. The zero-order valence-electron chi connectivity index (χ0n) is 26.8. The van der Waals surface area contributed by atoms with E-state index in [-0.39, 0.29) is 57.8 Å². The van der Waals surface area contributed by atoms with Gasteiger partial charge in [0.05, 0.1) is 27.2 Å². The van der Waals surface area contributed by atoms with Gasteiger partial charge in [-0.25, -0.2) is 18.1 Å². The fourth-order valence-corrected chi connectivity index (χ4v) is 8.15. The quantitative estimate of drug-likeness (QED) is 0.176. The number of rotatable bonds is 11. The van der Waals surface area contributed by atoms with E-state index in [4.69, 9.17) is 39.8 Å². The van der Waals surface area contributed by atoms with Crippen LogP contribution in [0.15, 0.2) is 41.2 Å². The van der Waals surface area contributed by atoms with Crippen molar-refractivity contribution < 1.29 is 8.42 Å². The molecule has 15 heteroatoms. The van der Waals surface area contributed by atoms with Crippen molar-refractivity contribution in [1.29, 1.82) is 0 Å². The third-order valence-electron chi connectivity index (χ3n) is 8.20. The van der Waals surface area contributed by atoms with Gasteiger partial charge in [0.15, 0.2) is 15.5 Å². The molecule has 1 aliphatic rings. The minimum atomic E-state index is -3.24. The van der Waals surface area contributed by atoms with Gasteiger partial charge in [0.2, 0.25) is 0 Å². The second kappa shape index (κ2) is 16.7. The highest BCUT2D eigenvalue weighted by Crippen LogP contribution is 2.34. The van der Waals surface area contributed by atoms with Crippen LogP contribution in [0.25, 0.3) is 16.7 Å². The Bertz CT molecular complexity index is 1810. The van der Waals surface area contributed by atoms with Crippen LogP contribution in [0.1, 0.15) is 62.7 Å². The summed E-state index contributed by atoms with van der Waals surface area (Å²) >= 11 is 19.2. The molecule has 0 unspecified atom stereocenters. The molecule has 0 radical (unpaired) electrons. The Hall–Kier alpha value is -1.89. The topological polar surface area (TPSA) is 104 Å². The van der Waals surface area contributed by atoms with Gasteiger partial charge in [0, 0.05) is 43.7 Å². The van der Waals surface area contributed by atoms with Crippen LogP contribution < -0.4 is 5.56 Å². The van der Waals surface area contributed by atoms with Crippen molar-refractivity contribution in [3.8, 4) is 5.69 Å². The average molecular weight is 767 g/mol. The number of H-pyrrole nitrogens is 1. The number of fused-ring (bicyclic) bond motifs is 1. The van der Waals surface area contributed by atoms with E-state index >= 15 is 0 Å². The molecule has 1 fully saturated rings. The van der Waals surface area contributed by atoms with Gasteiger partial charge in [-0.3, -0.25) is 9.69 Å². The largest absolute Gasteiger partial charge is 0.310 e. The first kappa shape index (κ1) is 39.5. The molecule has 1 aliphatic heterocycles. The van der Waals surface area contributed by atoms with Gasteiger partial charge in [-0.15, -0.1) is 24.8 Å².